The van der Waals surface area contributed by atoms with Crippen molar-refractivity contribution in [2.24, 2.45) is 0 Å². The molecule has 0 aliphatic carbocycles. The number of rotatable bonds is 5. The van der Waals surface area contributed by atoms with Crippen LogP contribution < -0.4 is 5.32 Å². The van der Waals surface area contributed by atoms with Gasteiger partial charge in [-0.05, 0) is 25.5 Å². The second kappa shape index (κ2) is 5.87. The highest BCUT2D eigenvalue weighted by atomic mass is 19.4. The van der Waals surface area contributed by atoms with Crippen molar-refractivity contribution in [2.75, 3.05) is 11.9 Å². The largest absolute Gasteiger partial charge is 0.423 e. The van der Waals surface area contributed by atoms with Gasteiger partial charge in [-0.2, -0.15) is 13.2 Å². The second-order valence-electron chi connectivity index (χ2n) is 4.04. The number of hydrogen-bond donors (Lipinski definition) is 2. The van der Waals surface area contributed by atoms with Gasteiger partial charge in [0.25, 0.3) is 5.69 Å². The average Bonchev–Trinajstić information content (AvgIpc) is 2.27. The summed E-state index contributed by atoms with van der Waals surface area (Å²) in [4.78, 5) is 9.49. The van der Waals surface area contributed by atoms with Gasteiger partial charge in [0.2, 0.25) is 0 Å². The van der Waals surface area contributed by atoms with E-state index in [1.165, 1.54) is 6.07 Å². The fourth-order valence-electron chi connectivity index (χ4n) is 1.56. The van der Waals surface area contributed by atoms with Gasteiger partial charge in [-0.25, -0.2) is 0 Å². The lowest BCUT2D eigenvalue weighted by Crippen LogP contribution is -2.17. The van der Waals surface area contributed by atoms with Crippen LogP contribution in [-0.4, -0.2) is 22.7 Å². The van der Waals surface area contributed by atoms with Crippen LogP contribution in [0.5, 0.6) is 0 Å². The molecule has 1 aromatic carbocycles. The van der Waals surface area contributed by atoms with Crippen LogP contribution in [0.2, 0.25) is 0 Å². The van der Waals surface area contributed by atoms with Crippen LogP contribution in [0, 0.1) is 10.1 Å². The number of hydrogen-bond acceptors (Lipinski definition) is 4. The number of alkyl halides is 3. The van der Waals surface area contributed by atoms with Crippen molar-refractivity contribution in [3.63, 3.8) is 0 Å². The Morgan fingerprint density at radius 1 is 1.47 bits per heavy atom. The van der Waals surface area contributed by atoms with Crippen LogP contribution in [0.4, 0.5) is 24.5 Å². The Labute approximate surface area is 107 Å². The summed E-state index contributed by atoms with van der Waals surface area (Å²) in [7, 11) is 0. The Hall–Kier alpha value is -1.83. The number of nitrogens with zero attached hydrogens (tertiary/aromatic N) is 1. The van der Waals surface area contributed by atoms with Crippen molar-refractivity contribution in [1.82, 2.24) is 0 Å². The van der Waals surface area contributed by atoms with Crippen molar-refractivity contribution in [2.45, 2.75) is 25.6 Å². The Morgan fingerprint density at radius 2 is 2.11 bits per heavy atom. The first-order valence-electron chi connectivity index (χ1n) is 5.48. The molecule has 19 heavy (non-hydrogen) atoms. The second-order valence-corrected chi connectivity index (χ2v) is 4.04. The molecular formula is C11H13F3N2O3. The highest BCUT2D eigenvalue weighted by Gasteiger charge is 2.38. The fraction of sp³-hybridized carbons (Fsp3) is 0.455. The normalized spacial score (nSPS) is 13.1. The molecule has 0 aromatic heterocycles. The summed E-state index contributed by atoms with van der Waals surface area (Å²) in [5.41, 5.74) is -2.15. The number of halogens is 3. The fourth-order valence-corrected chi connectivity index (χ4v) is 1.56. The monoisotopic (exact) mass is 278 g/mol. The summed E-state index contributed by atoms with van der Waals surface area (Å²) in [5, 5.41) is 22.0. The highest BCUT2D eigenvalue weighted by molar-refractivity contribution is 5.55. The molecule has 0 fully saturated rings. The summed E-state index contributed by atoms with van der Waals surface area (Å²) in [6, 6.07) is 2.48. The predicted molar refractivity (Wildman–Crippen MR) is 62.9 cm³/mol. The van der Waals surface area contributed by atoms with Crippen molar-refractivity contribution in [3.05, 3.63) is 33.9 Å². The van der Waals surface area contributed by atoms with E-state index in [4.69, 9.17) is 5.11 Å². The molecular weight excluding hydrogens is 265 g/mol. The van der Waals surface area contributed by atoms with Gasteiger partial charge in [0.05, 0.1) is 4.92 Å². The summed E-state index contributed by atoms with van der Waals surface area (Å²) in [5.74, 6) is 0. The van der Waals surface area contributed by atoms with Gasteiger partial charge in [-0.3, -0.25) is 10.1 Å². The number of nitro groups is 1. The van der Waals surface area contributed by atoms with E-state index in [0.717, 1.165) is 6.07 Å². The third kappa shape index (κ3) is 4.09. The van der Waals surface area contributed by atoms with Crippen LogP contribution in [0.15, 0.2) is 18.2 Å². The van der Waals surface area contributed by atoms with E-state index >= 15 is 0 Å². The zero-order valence-electron chi connectivity index (χ0n) is 10.1. The van der Waals surface area contributed by atoms with Crippen LogP contribution in [0.1, 0.15) is 18.9 Å². The lowest BCUT2D eigenvalue weighted by atomic mass is 10.1. The van der Waals surface area contributed by atoms with E-state index in [0.29, 0.717) is 12.5 Å². The molecule has 1 unspecified atom stereocenters. The van der Waals surface area contributed by atoms with Gasteiger partial charge < -0.3 is 10.4 Å². The predicted octanol–water partition coefficient (Wildman–Crippen LogP) is 2.80. The maximum absolute atomic E-state index is 12.7. The summed E-state index contributed by atoms with van der Waals surface area (Å²) < 4.78 is 38.1. The number of aliphatic hydroxyl groups excluding tert-OH is 1. The molecule has 0 aliphatic rings. The first kappa shape index (κ1) is 15.2. The number of nitro benzene ring substituents is 1. The summed E-state index contributed by atoms with van der Waals surface area (Å²) in [6.45, 7) is 1.58. The molecule has 0 aliphatic heterocycles. The standard InChI is InChI=1S/C11H13F3N2O3/c1-7(4-5-17)15-8-2-3-10(16(18)19)9(6-8)11(12,13)14/h2-3,6-7,15,17H,4-5H2,1H3. The molecule has 0 amide bonds. The Bertz CT molecular complexity index is 463. The van der Waals surface area contributed by atoms with Crippen LogP contribution >= 0.6 is 0 Å². The molecule has 106 valence electrons. The Balaban J connectivity index is 3.09. The molecule has 2 N–H and O–H groups in total. The molecule has 0 saturated heterocycles. The Morgan fingerprint density at radius 3 is 2.58 bits per heavy atom. The maximum Gasteiger partial charge on any atom is 0.423 e. The topological polar surface area (TPSA) is 75.4 Å². The molecule has 0 spiro atoms. The molecule has 0 saturated carbocycles. The van der Waals surface area contributed by atoms with Gasteiger partial charge in [0.1, 0.15) is 5.56 Å². The average molecular weight is 278 g/mol. The summed E-state index contributed by atoms with van der Waals surface area (Å²) >= 11 is 0. The zero-order valence-corrected chi connectivity index (χ0v) is 10.1. The van der Waals surface area contributed by atoms with Crippen molar-refractivity contribution < 1.29 is 23.2 Å². The lowest BCUT2D eigenvalue weighted by molar-refractivity contribution is -0.388. The van der Waals surface area contributed by atoms with Crippen LogP contribution in [0.3, 0.4) is 0 Å². The van der Waals surface area contributed by atoms with Gasteiger partial charge in [0, 0.05) is 24.4 Å². The number of anilines is 1. The van der Waals surface area contributed by atoms with Crippen LogP contribution in [-0.2, 0) is 6.18 Å². The van der Waals surface area contributed by atoms with E-state index in [1.807, 2.05) is 0 Å². The quantitative estimate of drug-likeness (QED) is 0.641. The minimum atomic E-state index is -4.79. The molecule has 8 heteroatoms. The van der Waals surface area contributed by atoms with Crippen molar-refractivity contribution in [1.29, 1.82) is 0 Å². The SMILES string of the molecule is CC(CCO)Nc1ccc([N+](=O)[O-])c(C(F)(F)F)c1. The number of aliphatic hydroxyl groups is 1. The van der Waals surface area contributed by atoms with Gasteiger partial charge in [-0.1, -0.05) is 0 Å². The molecule has 0 bridgehead atoms. The number of benzene rings is 1. The Kier molecular flexibility index (Phi) is 4.71. The minimum absolute atomic E-state index is 0.104. The van der Waals surface area contributed by atoms with Crippen molar-refractivity contribution in [3.8, 4) is 0 Å². The molecule has 1 aromatic rings. The van der Waals surface area contributed by atoms with Gasteiger partial charge >= 0.3 is 6.18 Å². The van der Waals surface area contributed by atoms with E-state index < -0.39 is 22.4 Å². The van der Waals surface area contributed by atoms with E-state index in [2.05, 4.69) is 5.32 Å². The first-order valence-corrected chi connectivity index (χ1v) is 5.48. The molecule has 5 nitrogen and oxygen atoms in total. The third-order valence-corrected chi connectivity index (χ3v) is 2.47. The molecule has 1 rings (SSSR count). The van der Waals surface area contributed by atoms with Gasteiger partial charge in [0.15, 0.2) is 0 Å². The third-order valence-electron chi connectivity index (χ3n) is 2.47. The molecule has 1 atom stereocenters. The zero-order chi connectivity index (χ0) is 14.6. The van der Waals surface area contributed by atoms with E-state index in [9.17, 15) is 23.3 Å². The number of nitrogens with one attached hydrogen (secondary N) is 1. The summed E-state index contributed by atoms with van der Waals surface area (Å²) in [6.07, 6.45) is -4.43. The van der Waals surface area contributed by atoms with E-state index in [-0.39, 0.29) is 18.3 Å². The highest BCUT2D eigenvalue weighted by Crippen LogP contribution is 2.37. The van der Waals surface area contributed by atoms with Gasteiger partial charge in [-0.15, -0.1) is 0 Å². The smallest absolute Gasteiger partial charge is 0.396 e. The lowest BCUT2D eigenvalue weighted by Gasteiger charge is -2.15. The molecule has 0 heterocycles. The van der Waals surface area contributed by atoms with Crippen LogP contribution in [0.25, 0.3) is 0 Å². The first-order chi connectivity index (χ1) is 8.75. The minimum Gasteiger partial charge on any atom is -0.396 e. The molecule has 0 radical (unpaired) electrons. The van der Waals surface area contributed by atoms with Crippen molar-refractivity contribution >= 4 is 11.4 Å². The maximum atomic E-state index is 12.7. The van der Waals surface area contributed by atoms with E-state index in [1.54, 1.807) is 6.92 Å².